The largest absolute Gasteiger partial charge is 0.388 e. The van der Waals surface area contributed by atoms with Crippen molar-refractivity contribution in [1.29, 1.82) is 0 Å². The molecule has 1 N–H and O–H groups in total. The molecule has 3 aromatic heterocycles. The van der Waals surface area contributed by atoms with Gasteiger partial charge in [0.05, 0.1) is 5.69 Å². The Morgan fingerprint density at radius 1 is 0.957 bits per heavy atom. The van der Waals surface area contributed by atoms with Crippen LogP contribution in [0.4, 0.5) is 5.69 Å². The van der Waals surface area contributed by atoms with E-state index >= 15 is 0 Å². The summed E-state index contributed by atoms with van der Waals surface area (Å²) in [7, 11) is 1.92. The molecule has 0 radical (unpaired) electrons. The van der Waals surface area contributed by atoms with E-state index < -0.39 is 0 Å². The quantitative estimate of drug-likeness (QED) is 0.573. The molecule has 0 spiro atoms. The number of hydrogen-bond acceptors (Lipinski definition) is 4. The standard InChI is InChI=1S/C19H15N3S/c1-20-16-7-4-13(5-8-16)17-9-6-14-11-18(23-19(14)22-17)15-3-2-10-21-12-15/h2-12,20H,1H3. The van der Waals surface area contributed by atoms with Crippen molar-refractivity contribution in [2.75, 3.05) is 12.4 Å². The summed E-state index contributed by atoms with van der Waals surface area (Å²) in [5.41, 5.74) is 4.36. The molecule has 0 aliphatic carbocycles. The Kier molecular flexibility index (Phi) is 3.52. The van der Waals surface area contributed by atoms with Gasteiger partial charge in [-0.05, 0) is 36.4 Å². The second kappa shape index (κ2) is 5.82. The number of fused-ring (bicyclic) bond motifs is 1. The molecule has 1 aromatic carbocycles. The van der Waals surface area contributed by atoms with Gasteiger partial charge in [0.1, 0.15) is 4.83 Å². The van der Waals surface area contributed by atoms with Crippen LogP contribution in [0.5, 0.6) is 0 Å². The van der Waals surface area contributed by atoms with Crippen molar-refractivity contribution < 1.29 is 0 Å². The van der Waals surface area contributed by atoms with E-state index in [9.17, 15) is 0 Å². The van der Waals surface area contributed by atoms with Crippen LogP contribution in [-0.4, -0.2) is 17.0 Å². The highest BCUT2D eigenvalue weighted by Gasteiger charge is 2.07. The van der Waals surface area contributed by atoms with Crippen molar-refractivity contribution in [1.82, 2.24) is 9.97 Å². The number of rotatable bonds is 3. The van der Waals surface area contributed by atoms with Gasteiger partial charge in [0.25, 0.3) is 0 Å². The zero-order chi connectivity index (χ0) is 15.6. The molecule has 0 atom stereocenters. The highest BCUT2D eigenvalue weighted by molar-refractivity contribution is 7.21. The van der Waals surface area contributed by atoms with Crippen molar-refractivity contribution in [3.05, 3.63) is 67.0 Å². The van der Waals surface area contributed by atoms with Crippen LogP contribution in [0.15, 0.2) is 67.0 Å². The van der Waals surface area contributed by atoms with E-state index in [0.29, 0.717) is 0 Å². The fourth-order valence-corrected chi connectivity index (χ4v) is 3.56. The second-order valence-corrected chi connectivity index (χ2v) is 6.30. The van der Waals surface area contributed by atoms with E-state index in [1.165, 1.54) is 10.3 Å². The summed E-state index contributed by atoms with van der Waals surface area (Å²) in [6.45, 7) is 0. The fraction of sp³-hybridized carbons (Fsp3) is 0.0526. The van der Waals surface area contributed by atoms with Crippen LogP contribution >= 0.6 is 11.3 Å². The number of nitrogens with zero attached hydrogens (tertiary/aromatic N) is 2. The number of hydrogen-bond donors (Lipinski definition) is 1. The maximum atomic E-state index is 4.82. The first-order valence-electron chi connectivity index (χ1n) is 7.43. The van der Waals surface area contributed by atoms with E-state index in [1.807, 2.05) is 19.3 Å². The molecule has 3 nitrogen and oxygen atoms in total. The zero-order valence-electron chi connectivity index (χ0n) is 12.7. The molecule has 0 saturated heterocycles. The van der Waals surface area contributed by atoms with Crippen LogP contribution in [0.1, 0.15) is 0 Å². The van der Waals surface area contributed by atoms with Gasteiger partial charge < -0.3 is 5.32 Å². The monoisotopic (exact) mass is 317 g/mol. The summed E-state index contributed by atoms with van der Waals surface area (Å²) >= 11 is 1.70. The molecular formula is C19H15N3S. The van der Waals surface area contributed by atoms with Crippen molar-refractivity contribution in [3.63, 3.8) is 0 Å². The number of thiophene rings is 1. The number of nitrogens with one attached hydrogen (secondary N) is 1. The van der Waals surface area contributed by atoms with E-state index in [-0.39, 0.29) is 0 Å². The summed E-state index contributed by atoms with van der Waals surface area (Å²) in [6.07, 6.45) is 3.68. The average molecular weight is 317 g/mol. The highest BCUT2D eigenvalue weighted by Crippen LogP contribution is 2.33. The Labute approximate surface area is 138 Å². The number of anilines is 1. The lowest BCUT2D eigenvalue weighted by Crippen LogP contribution is -1.87. The fourth-order valence-electron chi connectivity index (χ4n) is 2.54. The average Bonchev–Trinajstić information content (AvgIpc) is 3.06. The third-order valence-corrected chi connectivity index (χ3v) is 4.89. The minimum Gasteiger partial charge on any atom is -0.388 e. The molecule has 0 aliphatic rings. The Hall–Kier alpha value is -2.72. The molecule has 0 aliphatic heterocycles. The lowest BCUT2D eigenvalue weighted by atomic mass is 10.1. The van der Waals surface area contributed by atoms with Crippen LogP contribution in [0.3, 0.4) is 0 Å². The smallest absolute Gasteiger partial charge is 0.124 e. The Morgan fingerprint density at radius 2 is 1.83 bits per heavy atom. The van der Waals surface area contributed by atoms with Gasteiger partial charge in [-0.2, -0.15) is 0 Å². The van der Waals surface area contributed by atoms with E-state index in [1.54, 1.807) is 17.5 Å². The van der Waals surface area contributed by atoms with Gasteiger partial charge in [-0.25, -0.2) is 4.98 Å². The molecule has 4 rings (SSSR count). The van der Waals surface area contributed by atoms with Crippen LogP contribution in [-0.2, 0) is 0 Å². The number of benzene rings is 1. The normalized spacial score (nSPS) is 10.8. The van der Waals surface area contributed by atoms with Crippen molar-refractivity contribution in [2.45, 2.75) is 0 Å². The first kappa shape index (κ1) is 13.9. The molecule has 4 heteroatoms. The maximum absolute atomic E-state index is 4.82. The molecule has 0 amide bonds. The number of aromatic nitrogens is 2. The van der Waals surface area contributed by atoms with Gasteiger partial charge in [0, 0.05) is 46.5 Å². The Bertz CT molecular complexity index is 943. The third-order valence-electron chi connectivity index (χ3n) is 3.80. The first-order valence-corrected chi connectivity index (χ1v) is 8.24. The molecule has 3 heterocycles. The summed E-state index contributed by atoms with van der Waals surface area (Å²) in [6, 6.07) is 18.8. The Morgan fingerprint density at radius 3 is 2.57 bits per heavy atom. The number of pyridine rings is 2. The summed E-state index contributed by atoms with van der Waals surface area (Å²) in [5.74, 6) is 0. The summed E-state index contributed by atoms with van der Waals surface area (Å²) in [4.78, 5) is 11.3. The van der Waals surface area contributed by atoms with E-state index in [0.717, 1.165) is 27.3 Å². The zero-order valence-corrected chi connectivity index (χ0v) is 13.5. The molecule has 23 heavy (non-hydrogen) atoms. The molecule has 0 saturated carbocycles. The highest BCUT2D eigenvalue weighted by atomic mass is 32.1. The van der Waals surface area contributed by atoms with Crippen molar-refractivity contribution in [3.8, 4) is 21.7 Å². The van der Waals surface area contributed by atoms with E-state index in [2.05, 4.69) is 58.8 Å². The molecule has 0 fully saturated rings. The van der Waals surface area contributed by atoms with Gasteiger partial charge in [0.2, 0.25) is 0 Å². The van der Waals surface area contributed by atoms with Crippen LogP contribution in [0.25, 0.3) is 31.9 Å². The lowest BCUT2D eigenvalue weighted by molar-refractivity contribution is 1.33. The lowest BCUT2D eigenvalue weighted by Gasteiger charge is -2.03. The second-order valence-electron chi connectivity index (χ2n) is 5.27. The van der Waals surface area contributed by atoms with Gasteiger partial charge >= 0.3 is 0 Å². The summed E-state index contributed by atoms with van der Waals surface area (Å²) < 4.78 is 0. The molecule has 4 aromatic rings. The van der Waals surface area contributed by atoms with Gasteiger partial charge in [0.15, 0.2) is 0 Å². The van der Waals surface area contributed by atoms with Crippen LogP contribution < -0.4 is 5.32 Å². The molecule has 0 unspecified atom stereocenters. The minimum absolute atomic E-state index is 1.000. The predicted molar refractivity (Wildman–Crippen MR) is 97.8 cm³/mol. The first-order chi connectivity index (χ1) is 11.3. The SMILES string of the molecule is CNc1ccc(-c2ccc3cc(-c4cccnc4)sc3n2)cc1. The summed E-state index contributed by atoms with van der Waals surface area (Å²) in [5, 5.41) is 4.30. The van der Waals surface area contributed by atoms with Crippen LogP contribution in [0.2, 0.25) is 0 Å². The predicted octanol–water partition coefficient (Wildman–Crippen LogP) is 5.07. The Balaban J connectivity index is 1.75. The van der Waals surface area contributed by atoms with Gasteiger partial charge in [-0.1, -0.05) is 18.2 Å². The maximum Gasteiger partial charge on any atom is 0.124 e. The molecule has 112 valence electrons. The van der Waals surface area contributed by atoms with Gasteiger partial charge in [-0.3, -0.25) is 4.98 Å². The van der Waals surface area contributed by atoms with Crippen molar-refractivity contribution >= 4 is 27.2 Å². The third kappa shape index (κ3) is 2.69. The molecular weight excluding hydrogens is 302 g/mol. The minimum atomic E-state index is 1.000. The topological polar surface area (TPSA) is 37.8 Å². The van der Waals surface area contributed by atoms with E-state index in [4.69, 9.17) is 4.98 Å². The molecule has 0 bridgehead atoms. The van der Waals surface area contributed by atoms with Crippen LogP contribution in [0, 0.1) is 0 Å². The van der Waals surface area contributed by atoms with Gasteiger partial charge in [-0.15, -0.1) is 11.3 Å². The van der Waals surface area contributed by atoms with Crippen molar-refractivity contribution in [2.24, 2.45) is 0 Å².